The van der Waals surface area contributed by atoms with Gasteiger partial charge in [0.15, 0.2) is 0 Å². The quantitative estimate of drug-likeness (QED) is 0.767. The van der Waals surface area contributed by atoms with Crippen LogP contribution in [0.5, 0.6) is 0 Å². The predicted octanol–water partition coefficient (Wildman–Crippen LogP) is 3.17. The van der Waals surface area contributed by atoms with Crippen molar-refractivity contribution in [2.24, 2.45) is 0 Å². The molecule has 0 N–H and O–H groups in total. The minimum Gasteiger partial charge on any atom is -0.465 e. The van der Waals surface area contributed by atoms with E-state index < -0.39 is 0 Å². The number of benzene rings is 2. The van der Waals surface area contributed by atoms with Crippen molar-refractivity contribution in [3.63, 3.8) is 0 Å². The van der Waals surface area contributed by atoms with Gasteiger partial charge >= 0.3 is 5.97 Å². The second kappa shape index (κ2) is 7.61. The lowest BCUT2D eigenvalue weighted by Gasteiger charge is -2.26. The number of carbonyl (C=O) groups is 1. The summed E-state index contributed by atoms with van der Waals surface area (Å²) in [5, 5.41) is 0. The molecule has 0 atom stereocenters. The van der Waals surface area contributed by atoms with Gasteiger partial charge in [-0.1, -0.05) is 18.2 Å². The first-order valence-corrected chi connectivity index (χ1v) is 7.27. The molecule has 0 spiro atoms. The van der Waals surface area contributed by atoms with Crippen LogP contribution < -0.4 is 4.90 Å². The first kappa shape index (κ1) is 16.0. The third-order valence-corrected chi connectivity index (χ3v) is 3.44. The highest BCUT2D eigenvalue weighted by Gasteiger charge is 2.11. The monoisotopic (exact) mass is 298 g/mol. The number of anilines is 2. The molecule has 0 fully saturated rings. The maximum Gasteiger partial charge on any atom is 0.337 e. The third kappa shape index (κ3) is 4.09. The van der Waals surface area contributed by atoms with Gasteiger partial charge in [-0.15, -0.1) is 0 Å². The summed E-state index contributed by atoms with van der Waals surface area (Å²) in [6, 6.07) is 17.7. The summed E-state index contributed by atoms with van der Waals surface area (Å²) in [6.45, 7) is 1.81. The van der Waals surface area contributed by atoms with Crippen LogP contribution in [0, 0.1) is 0 Å². The lowest BCUT2D eigenvalue weighted by molar-refractivity contribution is 0.0601. The minimum absolute atomic E-state index is 0.314. The van der Waals surface area contributed by atoms with Crippen LogP contribution >= 0.6 is 0 Å². The topological polar surface area (TPSA) is 32.8 Å². The van der Waals surface area contributed by atoms with Crippen molar-refractivity contribution in [1.82, 2.24) is 4.90 Å². The normalized spacial score (nSPS) is 10.5. The zero-order valence-electron chi connectivity index (χ0n) is 13.3. The number of nitrogens with zero attached hydrogens (tertiary/aromatic N) is 2. The molecule has 0 saturated heterocycles. The Morgan fingerprint density at radius 1 is 0.909 bits per heavy atom. The Labute approximate surface area is 131 Å². The molecule has 22 heavy (non-hydrogen) atoms. The van der Waals surface area contributed by atoms with Crippen molar-refractivity contribution in [1.29, 1.82) is 0 Å². The zero-order chi connectivity index (χ0) is 15.9. The number of hydrogen-bond donors (Lipinski definition) is 0. The highest BCUT2D eigenvalue weighted by molar-refractivity contribution is 5.89. The maximum absolute atomic E-state index is 11.5. The van der Waals surface area contributed by atoms with Gasteiger partial charge in [0.25, 0.3) is 0 Å². The molecular weight excluding hydrogens is 276 g/mol. The molecule has 0 aliphatic heterocycles. The van der Waals surface area contributed by atoms with Crippen molar-refractivity contribution in [3.05, 3.63) is 60.2 Å². The van der Waals surface area contributed by atoms with Crippen LogP contribution in [0.3, 0.4) is 0 Å². The Balaban J connectivity index is 2.26. The van der Waals surface area contributed by atoms with Gasteiger partial charge in [-0.2, -0.15) is 0 Å². The summed E-state index contributed by atoms with van der Waals surface area (Å²) in [5.41, 5.74) is 2.75. The smallest absolute Gasteiger partial charge is 0.337 e. The Hall–Kier alpha value is -2.33. The van der Waals surface area contributed by atoms with E-state index in [-0.39, 0.29) is 5.97 Å². The Bertz CT molecular complexity index is 594. The van der Waals surface area contributed by atoms with Gasteiger partial charge in [-0.25, -0.2) is 4.79 Å². The Morgan fingerprint density at radius 3 is 2.05 bits per heavy atom. The number of ether oxygens (including phenoxy) is 1. The first-order chi connectivity index (χ1) is 10.6. The van der Waals surface area contributed by atoms with Crippen LogP contribution in [0.2, 0.25) is 0 Å². The molecule has 0 bridgehead atoms. The molecule has 0 aliphatic carbocycles. The van der Waals surface area contributed by atoms with Crippen molar-refractivity contribution in [2.75, 3.05) is 39.2 Å². The Kier molecular flexibility index (Phi) is 5.55. The van der Waals surface area contributed by atoms with Crippen LogP contribution in [0.1, 0.15) is 10.4 Å². The van der Waals surface area contributed by atoms with E-state index in [2.05, 4.69) is 36.0 Å². The van der Waals surface area contributed by atoms with E-state index in [0.717, 1.165) is 24.5 Å². The van der Waals surface area contributed by atoms with Crippen LogP contribution in [0.15, 0.2) is 54.6 Å². The van der Waals surface area contributed by atoms with Gasteiger partial charge in [0.2, 0.25) is 0 Å². The van der Waals surface area contributed by atoms with E-state index in [1.54, 1.807) is 12.1 Å². The first-order valence-electron chi connectivity index (χ1n) is 7.27. The number of para-hydroxylation sites is 1. The minimum atomic E-state index is -0.314. The van der Waals surface area contributed by atoms with Gasteiger partial charge in [0.1, 0.15) is 0 Å². The number of esters is 1. The molecule has 0 saturated carbocycles. The van der Waals surface area contributed by atoms with Gasteiger partial charge in [0.05, 0.1) is 12.7 Å². The Morgan fingerprint density at radius 2 is 1.50 bits per heavy atom. The summed E-state index contributed by atoms with van der Waals surface area (Å²) in [7, 11) is 5.51. The summed E-state index contributed by atoms with van der Waals surface area (Å²) in [5.74, 6) is -0.314. The average Bonchev–Trinajstić information content (AvgIpc) is 2.55. The third-order valence-electron chi connectivity index (χ3n) is 3.44. The van der Waals surface area contributed by atoms with E-state index in [9.17, 15) is 4.79 Å². The average molecular weight is 298 g/mol. The van der Waals surface area contributed by atoms with Crippen molar-refractivity contribution < 1.29 is 9.53 Å². The predicted molar refractivity (Wildman–Crippen MR) is 89.8 cm³/mol. The van der Waals surface area contributed by atoms with E-state index in [0.29, 0.717) is 5.56 Å². The van der Waals surface area contributed by atoms with Gasteiger partial charge in [0, 0.05) is 24.5 Å². The molecule has 0 heterocycles. The molecule has 2 aromatic rings. The fourth-order valence-corrected chi connectivity index (χ4v) is 2.21. The standard InChI is InChI=1S/C18H22N2O2/c1-19(2)13-14-20(16-7-5-4-6-8-16)17-11-9-15(10-12-17)18(21)22-3/h4-12H,13-14H2,1-3H3. The molecular formula is C18H22N2O2. The fraction of sp³-hybridized carbons (Fsp3) is 0.278. The number of hydrogen-bond acceptors (Lipinski definition) is 4. The summed E-state index contributed by atoms with van der Waals surface area (Å²) in [6.07, 6.45) is 0. The molecule has 2 rings (SSSR count). The summed E-state index contributed by atoms with van der Waals surface area (Å²) < 4.78 is 4.74. The second-order valence-electron chi connectivity index (χ2n) is 5.33. The van der Waals surface area contributed by atoms with Crippen molar-refractivity contribution in [2.45, 2.75) is 0 Å². The van der Waals surface area contributed by atoms with Crippen molar-refractivity contribution in [3.8, 4) is 0 Å². The second-order valence-corrected chi connectivity index (χ2v) is 5.33. The van der Waals surface area contributed by atoms with Crippen LogP contribution in [-0.2, 0) is 4.74 Å². The lowest BCUT2D eigenvalue weighted by Crippen LogP contribution is -2.28. The van der Waals surface area contributed by atoms with Crippen LogP contribution in [0.25, 0.3) is 0 Å². The van der Waals surface area contributed by atoms with Crippen LogP contribution in [0.4, 0.5) is 11.4 Å². The van der Waals surface area contributed by atoms with Crippen molar-refractivity contribution >= 4 is 17.3 Å². The number of likely N-dealkylation sites (N-methyl/N-ethyl adjacent to an activating group) is 1. The molecule has 0 radical (unpaired) electrons. The molecule has 0 unspecified atom stereocenters. The number of carbonyl (C=O) groups excluding carboxylic acids is 1. The molecule has 0 aromatic heterocycles. The largest absolute Gasteiger partial charge is 0.465 e. The molecule has 2 aromatic carbocycles. The summed E-state index contributed by atoms with van der Waals surface area (Å²) in [4.78, 5) is 15.9. The van der Waals surface area contributed by atoms with Gasteiger partial charge < -0.3 is 14.5 Å². The summed E-state index contributed by atoms with van der Waals surface area (Å²) >= 11 is 0. The maximum atomic E-state index is 11.5. The van der Waals surface area contributed by atoms with E-state index in [4.69, 9.17) is 4.74 Å². The number of methoxy groups -OCH3 is 1. The van der Waals surface area contributed by atoms with Gasteiger partial charge in [-0.3, -0.25) is 0 Å². The van der Waals surface area contributed by atoms with E-state index in [1.165, 1.54) is 7.11 Å². The van der Waals surface area contributed by atoms with E-state index >= 15 is 0 Å². The highest BCUT2D eigenvalue weighted by Crippen LogP contribution is 2.25. The zero-order valence-corrected chi connectivity index (χ0v) is 13.3. The SMILES string of the molecule is COC(=O)c1ccc(N(CCN(C)C)c2ccccc2)cc1. The molecule has 4 nitrogen and oxygen atoms in total. The fourth-order valence-electron chi connectivity index (χ4n) is 2.21. The molecule has 0 aliphatic rings. The molecule has 0 amide bonds. The van der Waals surface area contributed by atoms with Gasteiger partial charge in [-0.05, 0) is 50.5 Å². The number of rotatable bonds is 6. The highest BCUT2D eigenvalue weighted by atomic mass is 16.5. The molecule has 116 valence electrons. The lowest BCUT2D eigenvalue weighted by atomic mass is 10.1. The molecule has 4 heteroatoms. The van der Waals surface area contributed by atoms with E-state index in [1.807, 2.05) is 30.3 Å². The van der Waals surface area contributed by atoms with Crippen LogP contribution in [-0.4, -0.2) is 45.2 Å².